The summed E-state index contributed by atoms with van der Waals surface area (Å²) in [5.41, 5.74) is 2.31. The van der Waals surface area contributed by atoms with E-state index in [-0.39, 0.29) is 6.04 Å². The second kappa shape index (κ2) is 6.42. The lowest BCUT2D eigenvalue weighted by atomic mass is 10.1. The average molecular weight is 430 g/mol. The number of nitrogens with one attached hydrogen (secondary N) is 1. The van der Waals surface area contributed by atoms with Gasteiger partial charge in [0.05, 0.1) is 10.6 Å². The summed E-state index contributed by atoms with van der Waals surface area (Å²) in [6, 6.07) is 14.2. The van der Waals surface area contributed by atoms with E-state index in [0.717, 1.165) is 20.7 Å². The van der Waals surface area contributed by atoms with Crippen LogP contribution >= 0.6 is 45.5 Å². The summed E-state index contributed by atoms with van der Waals surface area (Å²) in [6.45, 7) is 2.10. The zero-order valence-electron chi connectivity index (χ0n) is 11.3. The zero-order valence-corrected chi connectivity index (χ0v) is 15.0. The fourth-order valence-corrected chi connectivity index (χ4v) is 3.93. The summed E-state index contributed by atoms with van der Waals surface area (Å²) >= 11 is 9.96. The minimum Gasteiger partial charge on any atom is -0.467 e. The van der Waals surface area contributed by atoms with Crippen LogP contribution in [0.25, 0.3) is 0 Å². The van der Waals surface area contributed by atoms with Crippen molar-refractivity contribution in [1.29, 1.82) is 0 Å². The average Bonchev–Trinajstić information content (AvgIpc) is 3.09. The van der Waals surface area contributed by atoms with E-state index in [1.807, 2.05) is 24.3 Å². The molecule has 0 bridgehead atoms. The van der Waals surface area contributed by atoms with E-state index in [9.17, 15) is 0 Å². The van der Waals surface area contributed by atoms with Gasteiger partial charge in [0.2, 0.25) is 0 Å². The molecule has 0 aliphatic heterocycles. The molecule has 1 aromatic carbocycles. The third-order valence-electron chi connectivity index (χ3n) is 3.19. The molecule has 1 N–H and O–H groups in total. The quantitative estimate of drug-likeness (QED) is 0.506. The van der Waals surface area contributed by atoms with Gasteiger partial charge in [-0.15, -0.1) is 11.3 Å². The zero-order chi connectivity index (χ0) is 14.8. The van der Waals surface area contributed by atoms with Crippen molar-refractivity contribution in [2.45, 2.75) is 13.0 Å². The molecule has 21 heavy (non-hydrogen) atoms. The third-order valence-corrected chi connectivity index (χ3v) is 5.16. The Labute approximate surface area is 146 Å². The number of thiophene rings is 1. The molecular weight excluding hydrogens is 417 g/mol. The summed E-state index contributed by atoms with van der Waals surface area (Å²) in [4.78, 5) is 1.13. The lowest BCUT2D eigenvalue weighted by molar-refractivity contribution is 0.500. The maximum absolute atomic E-state index is 6.08. The Hall–Kier alpha value is -0.980. The first-order chi connectivity index (χ1) is 10.1. The number of hydrogen-bond acceptors (Lipinski definition) is 3. The predicted octanol–water partition coefficient (Wildman–Crippen LogP) is 6.11. The number of halogens is 2. The highest BCUT2D eigenvalue weighted by molar-refractivity contribution is 14.1. The van der Waals surface area contributed by atoms with Gasteiger partial charge in [-0.1, -0.05) is 11.6 Å². The van der Waals surface area contributed by atoms with Crippen LogP contribution in [-0.4, -0.2) is 0 Å². The molecule has 3 aromatic rings. The molecule has 2 nitrogen and oxygen atoms in total. The van der Waals surface area contributed by atoms with E-state index in [0.29, 0.717) is 0 Å². The molecule has 0 fully saturated rings. The second-order valence-corrected chi connectivity index (χ2v) is 7.69. The van der Waals surface area contributed by atoms with Crippen LogP contribution in [0.4, 0.5) is 5.69 Å². The summed E-state index contributed by atoms with van der Waals surface area (Å²) in [6.07, 6.45) is 1.69. The van der Waals surface area contributed by atoms with Crippen LogP contribution in [0, 0.1) is 10.5 Å². The molecule has 1 atom stereocenters. The minimum atomic E-state index is -0.0312. The van der Waals surface area contributed by atoms with Crippen LogP contribution in [-0.2, 0) is 0 Å². The molecule has 1 unspecified atom stereocenters. The van der Waals surface area contributed by atoms with Gasteiger partial charge in [-0.05, 0) is 77.5 Å². The Morgan fingerprint density at radius 1 is 1.24 bits per heavy atom. The highest BCUT2D eigenvalue weighted by Crippen LogP contribution is 2.34. The van der Waals surface area contributed by atoms with Gasteiger partial charge in [-0.2, -0.15) is 0 Å². The largest absolute Gasteiger partial charge is 0.467 e. The van der Waals surface area contributed by atoms with Gasteiger partial charge in [0.1, 0.15) is 11.8 Å². The van der Waals surface area contributed by atoms with Crippen LogP contribution in [0.3, 0.4) is 0 Å². The molecule has 0 saturated heterocycles. The molecule has 5 heteroatoms. The normalized spacial score (nSPS) is 12.3. The van der Waals surface area contributed by atoms with Crippen LogP contribution < -0.4 is 5.32 Å². The Kier molecular flexibility index (Phi) is 4.57. The number of aryl methyl sites for hydroxylation is 1. The Bertz CT molecular complexity index is 739. The highest BCUT2D eigenvalue weighted by atomic mass is 127. The van der Waals surface area contributed by atoms with E-state index < -0.39 is 0 Å². The summed E-state index contributed by atoms with van der Waals surface area (Å²) in [5.74, 6) is 0.881. The molecule has 2 heterocycles. The number of anilines is 1. The molecule has 3 rings (SSSR count). The van der Waals surface area contributed by atoms with Crippen molar-refractivity contribution in [3.05, 3.63) is 72.8 Å². The molecule has 0 amide bonds. The first kappa shape index (κ1) is 14.9. The van der Waals surface area contributed by atoms with Crippen LogP contribution in [0.2, 0.25) is 4.34 Å². The lowest BCUT2D eigenvalue weighted by Crippen LogP contribution is -2.11. The molecule has 0 saturated carbocycles. The Morgan fingerprint density at radius 2 is 2.10 bits per heavy atom. The van der Waals surface area contributed by atoms with Gasteiger partial charge in [0, 0.05) is 14.1 Å². The Balaban J connectivity index is 1.96. The van der Waals surface area contributed by atoms with Crippen molar-refractivity contribution in [1.82, 2.24) is 0 Å². The standard InChI is InChI=1S/C16H13ClINOS/c1-10-9-11(18)4-5-12(10)19-16(13-3-2-8-20-13)14-6-7-15(17)21-14/h2-9,16,19H,1H3. The van der Waals surface area contributed by atoms with Gasteiger partial charge in [-0.25, -0.2) is 0 Å². The second-order valence-electron chi connectivity index (χ2n) is 4.69. The number of benzene rings is 1. The number of furan rings is 1. The van der Waals surface area contributed by atoms with Crippen molar-refractivity contribution in [3.63, 3.8) is 0 Å². The van der Waals surface area contributed by atoms with Crippen molar-refractivity contribution in [2.24, 2.45) is 0 Å². The van der Waals surface area contributed by atoms with Crippen molar-refractivity contribution >= 4 is 51.2 Å². The monoisotopic (exact) mass is 429 g/mol. The maximum Gasteiger partial charge on any atom is 0.131 e. The van der Waals surface area contributed by atoms with Gasteiger partial charge in [-0.3, -0.25) is 0 Å². The van der Waals surface area contributed by atoms with E-state index in [4.69, 9.17) is 16.0 Å². The molecule has 0 aliphatic carbocycles. The molecule has 0 spiro atoms. The van der Waals surface area contributed by atoms with E-state index in [1.165, 1.54) is 9.13 Å². The summed E-state index contributed by atoms with van der Waals surface area (Å²) in [7, 11) is 0. The van der Waals surface area contributed by atoms with Crippen LogP contribution in [0.1, 0.15) is 22.2 Å². The first-order valence-corrected chi connectivity index (χ1v) is 8.72. The highest BCUT2D eigenvalue weighted by Gasteiger charge is 2.19. The Morgan fingerprint density at radius 3 is 2.71 bits per heavy atom. The molecule has 0 radical (unpaired) electrons. The summed E-state index contributed by atoms with van der Waals surface area (Å²) in [5, 5.41) is 3.56. The molecule has 108 valence electrons. The van der Waals surface area contributed by atoms with Crippen LogP contribution in [0.15, 0.2) is 53.1 Å². The summed E-state index contributed by atoms with van der Waals surface area (Å²) < 4.78 is 7.60. The lowest BCUT2D eigenvalue weighted by Gasteiger charge is -2.18. The first-order valence-electron chi connectivity index (χ1n) is 6.45. The molecule has 0 aliphatic rings. The van der Waals surface area contributed by atoms with Gasteiger partial charge in [0.15, 0.2) is 0 Å². The number of hydrogen-bond donors (Lipinski definition) is 1. The maximum atomic E-state index is 6.08. The van der Waals surface area contributed by atoms with E-state index >= 15 is 0 Å². The van der Waals surface area contributed by atoms with Crippen molar-refractivity contribution in [2.75, 3.05) is 5.32 Å². The third kappa shape index (κ3) is 3.44. The minimum absolute atomic E-state index is 0.0312. The predicted molar refractivity (Wildman–Crippen MR) is 97.4 cm³/mol. The molecular formula is C16H13ClINOS. The van der Waals surface area contributed by atoms with E-state index in [1.54, 1.807) is 17.6 Å². The fourth-order valence-electron chi connectivity index (χ4n) is 2.17. The molecule has 2 aromatic heterocycles. The number of rotatable bonds is 4. The topological polar surface area (TPSA) is 25.2 Å². The SMILES string of the molecule is Cc1cc(I)ccc1NC(c1ccco1)c1ccc(Cl)s1. The van der Waals surface area contributed by atoms with Gasteiger partial charge < -0.3 is 9.73 Å². The smallest absolute Gasteiger partial charge is 0.131 e. The fraction of sp³-hybridized carbons (Fsp3) is 0.125. The van der Waals surface area contributed by atoms with Crippen molar-refractivity contribution in [3.8, 4) is 0 Å². The van der Waals surface area contributed by atoms with Gasteiger partial charge >= 0.3 is 0 Å². The van der Waals surface area contributed by atoms with Crippen molar-refractivity contribution < 1.29 is 4.42 Å². The van der Waals surface area contributed by atoms with E-state index in [2.05, 4.69) is 53.0 Å². The van der Waals surface area contributed by atoms with Gasteiger partial charge in [0.25, 0.3) is 0 Å². The van der Waals surface area contributed by atoms with Crippen LogP contribution in [0.5, 0.6) is 0 Å².